The van der Waals surface area contributed by atoms with E-state index in [0.717, 1.165) is 26.9 Å². The first-order valence-electron chi connectivity index (χ1n) is 14.1. The number of rotatable bonds is 8. The van der Waals surface area contributed by atoms with Gasteiger partial charge in [0.15, 0.2) is 5.13 Å². The van der Waals surface area contributed by atoms with Crippen molar-refractivity contribution in [2.75, 3.05) is 25.4 Å². The first-order valence-corrected chi connectivity index (χ1v) is 14.9. The van der Waals surface area contributed by atoms with Gasteiger partial charge in [-0.25, -0.2) is 9.78 Å². The Morgan fingerprint density at radius 3 is 2.52 bits per heavy atom. The molecule has 6 rings (SSSR count). The fraction of sp³-hybridized carbons (Fsp3) is 0.290. The number of carbonyl (C=O) groups excluding carboxylic acids is 3. The zero-order valence-electron chi connectivity index (χ0n) is 23.3. The van der Waals surface area contributed by atoms with Crippen LogP contribution in [-0.2, 0) is 22.7 Å². The van der Waals surface area contributed by atoms with Gasteiger partial charge in [-0.2, -0.15) is 5.01 Å². The molecule has 2 aliphatic rings. The minimum absolute atomic E-state index is 0.00603. The molecule has 0 saturated carbocycles. The molecule has 0 aliphatic carbocycles. The molecule has 2 fully saturated rings. The number of nitrogen functional groups attached to an aromatic ring is 1. The fourth-order valence-corrected chi connectivity index (χ4v) is 6.60. The molecule has 0 bridgehead atoms. The number of urea groups is 1. The number of hydrogen-bond acceptors (Lipinski definition) is 7. The van der Waals surface area contributed by atoms with E-state index in [-0.39, 0.29) is 30.9 Å². The maximum Gasteiger partial charge on any atom is 0.332 e. The number of thiazole rings is 1. The summed E-state index contributed by atoms with van der Waals surface area (Å²) in [7, 11) is 0. The lowest BCUT2D eigenvalue weighted by atomic mass is 10.00. The second-order valence-corrected chi connectivity index (χ2v) is 11.6. The Labute approximate surface area is 248 Å². The molecule has 11 heteroatoms. The molecule has 3 N–H and O–H groups in total. The molecule has 2 saturated heterocycles. The molecule has 4 amide bonds. The van der Waals surface area contributed by atoms with Crippen LogP contribution in [0.3, 0.4) is 0 Å². The lowest BCUT2D eigenvalue weighted by Gasteiger charge is -2.46. The molecule has 3 heterocycles. The molecule has 4 aromatic rings. The number of anilines is 1. The van der Waals surface area contributed by atoms with E-state index >= 15 is 0 Å². The fourth-order valence-electron chi connectivity index (χ4n) is 5.82. The van der Waals surface area contributed by atoms with Crippen molar-refractivity contribution in [3.8, 4) is 0 Å². The number of nitrogens with one attached hydrogen (secondary N) is 1. The number of hydrazine groups is 1. The van der Waals surface area contributed by atoms with E-state index in [1.807, 2.05) is 90.8 Å². The van der Waals surface area contributed by atoms with Crippen LogP contribution in [0.1, 0.15) is 36.1 Å². The van der Waals surface area contributed by atoms with Gasteiger partial charge in [-0.1, -0.05) is 91.1 Å². The van der Waals surface area contributed by atoms with Gasteiger partial charge in [0.05, 0.1) is 23.3 Å². The Kier molecular flexibility index (Phi) is 7.77. The van der Waals surface area contributed by atoms with Crippen LogP contribution in [0.15, 0.2) is 78.9 Å². The third-order valence-corrected chi connectivity index (χ3v) is 8.57. The summed E-state index contributed by atoms with van der Waals surface area (Å²) in [6, 6.07) is 23.8. The monoisotopic (exact) mass is 583 g/mol. The number of piperazine rings is 1. The van der Waals surface area contributed by atoms with Gasteiger partial charge in [0.2, 0.25) is 5.91 Å². The number of aromatic nitrogens is 1. The van der Waals surface area contributed by atoms with Gasteiger partial charge in [-0.05, 0) is 29.2 Å². The highest BCUT2D eigenvalue weighted by molar-refractivity contribution is 7.22. The van der Waals surface area contributed by atoms with Crippen LogP contribution in [0, 0.1) is 0 Å². The van der Waals surface area contributed by atoms with Crippen molar-refractivity contribution in [3.63, 3.8) is 0 Å². The van der Waals surface area contributed by atoms with E-state index in [2.05, 4.69) is 10.3 Å². The number of fused-ring (bicyclic) bond motifs is 2. The summed E-state index contributed by atoms with van der Waals surface area (Å²) in [6.45, 7) is 3.36. The highest BCUT2D eigenvalue weighted by atomic mass is 32.1. The summed E-state index contributed by atoms with van der Waals surface area (Å²) >= 11 is 1.41. The third kappa shape index (κ3) is 5.28. The maximum absolute atomic E-state index is 14.1. The highest BCUT2D eigenvalue weighted by Gasteiger charge is 2.52. The molecular formula is C31H33N7O3S. The predicted molar refractivity (Wildman–Crippen MR) is 162 cm³/mol. The number of benzene rings is 3. The van der Waals surface area contributed by atoms with Gasteiger partial charge in [-0.15, -0.1) is 0 Å². The Morgan fingerprint density at radius 2 is 1.79 bits per heavy atom. The van der Waals surface area contributed by atoms with Crippen molar-refractivity contribution >= 4 is 44.5 Å². The Morgan fingerprint density at radius 1 is 1.05 bits per heavy atom. The van der Waals surface area contributed by atoms with Crippen molar-refractivity contribution < 1.29 is 14.4 Å². The van der Waals surface area contributed by atoms with Gasteiger partial charge < -0.3 is 20.9 Å². The maximum atomic E-state index is 14.1. The molecule has 42 heavy (non-hydrogen) atoms. The average Bonchev–Trinajstić information content (AvgIpc) is 3.55. The number of para-hydroxylation sites is 1. The van der Waals surface area contributed by atoms with Crippen LogP contribution >= 0.6 is 11.3 Å². The number of nitrogens with two attached hydrogens (primary N) is 1. The smallest absolute Gasteiger partial charge is 0.332 e. The molecule has 1 aromatic heterocycles. The van der Waals surface area contributed by atoms with E-state index in [4.69, 9.17) is 5.73 Å². The minimum atomic E-state index is -0.807. The van der Waals surface area contributed by atoms with Crippen LogP contribution < -0.4 is 11.1 Å². The lowest BCUT2D eigenvalue weighted by Crippen LogP contribution is -2.62. The summed E-state index contributed by atoms with van der Waals surface area (Å²) in [5, 5.41) is 6.94. The van der Waals surface area contributed by atoms with Crippen molar-refractivity contribution in [2.24, 2.45) is 0 Å². The summed E-state index contributed by atoms with van der Waals surface area (Å²) in [4.78, 5) is 49.3. The van der Waals surface area contributed by atoms with Crippen molar-refractivity contribution in [1.82, 2.24) is 30.1 Å². The van der Waals surface area contributed by atoms with Crippen LogP contribution in [0.2, 0.25) is 0 Å². The molecular weight excluding hydrogens is 550 g/mol. The highest BCUT2D eigenvalue weighted by Crippen LogP contribution is 2.37. The van der Waals surface area contributed by atoms with Gasteiger partial charge in [0.25, 0.3) is 5.91 Å². The molecule has 2 aliphatic heterocycles. The summed E-state index contributed by atoms with van der Waals surface area (Å²) in [5.41, 5.74) is 9.39. The van der Waals surface area contributed by atoms with E-state index in [0.29, 0.717) is 31.2 Å². The molecule has 0 radical (unpaired) electrons. The van der Waals surface area contributed by atoms with E-state index in [9.17, 15) is 14.4 Å². The van der Waals surface area contributed by atoms with E-state index in [1.165, 1.54) is 11.3 Å². The lowest BCUT2D eigenvalue weighted by molar-refractivity contribution is -0.158. The normalized spacial score (nSPS) is 18.9. The van der Waals surface area contributed by atoms with E-state index < -0.39 is 12.2 Å². The van der Waals surface area contributed by atoms with Crippen LogP contribution in [0.5, 0.6) is 0 Å². The standard InChI is InChI=1S/C31H33N7O3S/c1-2-16-36(31(41)33-17-21-10-5-3-6-11-21)37-20-26(39)38-25(37)19-35(29(40)28(38)22-12-7-4-8-13-22)18-23-14-9-15-24-27(23)34-30(32)42-24/h3-15,25,28H,2,16-20H2,1H3,(H2,32,34)(H,33,41)/t25-,28+/m1/s1. The van der Waals surface area contributed by atoms with Gasteiger partial charge in [0, 0.05) is 19.6 Å². The van der Waals surface area contributed by atoms with Gasteiger partial charge in [-0.3, -0.25) is 14.6 Å². The number of hydrogen-bond donors (Lipinski definition) is 2. The second-order valence-electron chi connectivity index (χ2n) is 10.5. The van der Waals surface area contributed by atoms with Gasteiger partial charge >= 0.3 is 6.03 Å². The zero-order chi connectivity index (χ0) is 29.2. The molecule has 2 atom stereocenters. The predicted octanol–water partition coefficient (Wildman–Crippen LogP) is 3.97. The Bertz CT molecular complexity index is 1600. The first-order chi connectivity index (χ1) is 20.4. The first kappa shape index (κ1) is 27.7. The van der Waals surface area contributed by atoms with Crippen molar-refractivity contribution in [3.05, 3.63) is 95.6 Å². The molecule has 10 nitrogen and oxygen atoms in total. The average molecular weight is 584 g/mol. The summed E-state index contributed by atoms with van der Waals surface area (Å²) in [5.74, 6) is -0.350. The summed E-state index contributed by atoms with van der Waals surface area (Å²) in [6.07, 6.45) is 0.183. The van der Waals surface area contributed by atoms with Crippen LogP contribution in [-0.4, -0.2) is 68.4 Å². The Balaban J connectivity index is 1.33. The third-order valence-electron chi connectivity index (χ3n) is 7.72. The SMILES string of the molecule is CCCN(C(=O)NCc1ccccc1)N1CC(=O)N2[C@@H](c3ccccc3)C(=O)N(Cc3cccc4sc(N)nc34)C[C@@H]21. The van der Waals surface area contributed by atoms with Crippen LogP contribution in [0.25, 0.3) is 10.2 Å². The Hall–Kier alpha value is -4.48. The summed E-state index contributed by atoms with van der Waals surface area (Å²) < 4.78 is 0.956. The number of nitrogens with zero attached hydrogens (tertiary/aromatic N) is 5. The molecule has 216 valence electrons. The number of amides is 4. The van der Waals surface area contributed by atoms with Crippen LogP contribution in [0.4, 0.5) is 9.93 Å². The molecule has 3 aromatic carbocycles. The topological polar surface area (TPSA) is 115 Å². The zero-order valence-corrected chi connectivity index (χ0v) is 24.2. The number of carbonyl (C=O) groups is 3. The quantitative estimate of drug-likeness (QED) is 0.325. The van der Waals surface area contributed by atoms with Crippen molar-refractivity contribution in [1.29, 1.82) is 0 Å². The minimum Gasteiger partial charge on any atom is -0.375 e. The van der Waals surface area contributed by atoms with Gasteiger partial charge in [0.1, 0.15) is 12.2 Å². The van der Waals surface area contributed by atoms with E-state index in [1.54, 1.807) is 14.8 Å². The largest absolute Gasteiger partial charge is 0.375 e. The second kappa shape index (κ2) is 11.8. The molecule has 0 unspecified atom stereocenters. The molecule has 0 spiro atoms. The van der Waals surface area contributed by atoms with Crippen molar-refractivity contribution in [2.45, 2.75) is 38.6 Å².